The van der Waals surface area contributed by atoms with Crippen molar-refractivity contribution in [3.63, 3.8) is 0 Å². The lowest BCUT2D eigenvalue weighted by Gasteiger charge is -2.40. The van der Waals surface area contributed by atoms with Crippen molar-refractivity contribution < 1.29 is 0 Å². The molecule has 0 amide bonds. The van der Waals surface area contributed by atoms with E-state index in [4.69, 9.17) is 0 Å². The van der Waals surface area contributed by atoms with Gasteiger partial charge in [-0.25, -0.2) is 0 Å². The quantitative estimate of drug-likeness (QED) is 0.826. The average molecular weight is 252 g/mol. The molecule has 0 aromatic rings. The highest BCUT2D eigenvalue weighted by Gasteiger charge is 2.25. The zero-order valence-corrected chi connectivity index (χ0v) is 12.5. The maximum absolute atomic E-state index is 3.74. The zero-order valence-electron chi connectivity index (χ0n) is 12.5. The fraction of sp³-hybridized carbons (Fsp3) is 1.00. The van der Waals surface area contributed by atoms with Crippen LogP contribution in [0.15, 0.2) is 0 Å². The Morgan fingerprint density at radius 2 is 1.56 bits per heavy atom. The monoisotopic (exact) mass is 252 g/mol. The van der Waals surface area contributed by atoms with Crippen LogP contribution in [0.3, 0.4) is 0 Å². The second-order valence-electron chi connectivity index (χ2n) is 6.65. The smallest absolute Gasteiger partial charge is 0.0197 e. The van der Waals surface area contributed by atoms with Crippen LogP contribution in [0.1, 0.15) is 71.6 Å². The average Bonchev–Trinajstić information content (AvgIpc) is 2.27. The second-order valence-corrected chi connectivity index (χ2v) is 6.65. The Bertz CT molecular complexity index is 219. The highest BCUT2D eigenvalue weighted by atomic mass is 15.2. The number of nitrogens with one attached hydrogen (secondary N) is 1. The number of piperidine rings is 1. The molecule has 1 unspecified atom stereocenters. The van der Waals surface area contributed by atoms with Gasteiger partial charge in [-0.3, -0.25) is 4.90 Å². The van der Waals surface area contributed by atoms with Crippen molar-refractivity contribution in [3.05, 3.63) is 0 Å². The molecule has 1 saturated heterocycles. The molecule has 18 heavy (non-hydrogen) atoms. The van der Waals surface area contributed by atoms with E-state index in [-0.39, 0.29) is 0 Å². The van der Waals surface area contributed by atoms with E-state index < -0.39 is 0 Å². The first-order chi connectivity index (χ1) is 8.75. The Labute approximate surface area is 114 Å². The zero-order chi connectivity index (χ0) is 12.8. The molecular weight excluding hydrogens is 220 g/mol. The van der Waals surface area contributed by atoms with Crippen LogP contribution in [0.25, 0.3) is 0 Å². The number of likely N-dealkylation sites (tertiary alicyclic amines) is 1. The van der Waals surface area contributed by atoms with Crippen molar-refractivity contribution in [3.8, 4) is 0 Å². The molecule has 2 rings (SSSR count). The molecule has 0 radical (unpaired) electrons. The lowest BCUT2D eigenvalue weighted by Crippen LogP contribution is -2.51. The van der Waals surface area contributed by atoms with Crippen LogP contribution in [0.2, 0.25) is 0 Å². The lowest BCUT2D eigenvalue weighted by atomic mass is 9.93. The number of rotatable bonds is 3. The summed E-state index contributed by atoms with van der Waals surface area (Å²) in [5, 5.41) is 3.74. The van der Waals surface area contributed by atoms with E-state index in [0.29, 0.717) is 6.04 Å². The molecule has 0 aromatic carbocycles. The summed E-state index contributed by atoms with van der Waals surface area (Å²) in [6.45, 7) is 7.19. The highest BCUT2D eigenvalue weighted by Crippen LogP contribution is 2.24. The molecule has 1 heterocycles. The molecule has 2 aliphatic rings. The molecule has 1 saturated carbocycles. The first-order valence-corrected chi connectivity index (χ1v) is 8.26. The third-order valence-corrected chi connectivity index (χ3v) is 4.61. The van der Waals surface area contributed by atoms with Gasteiger partial charge in [0.25, 0.3) is 0 Å². The molecule has 0 spiro atoms. The van der Waals surface area contributed by atoms with Crippen molar-refractivity contribution in [2.45, 2.75) is 89.8 Å². The summed E-state index contributed by atoms with van der Waals surface area (Å²) in [6, 6.07) is 2.26. The highest BCUT2D eigenvalue weighted by molar-refractivity contribution is 4.84. The van der Waals surface area contributed by atoms with Gasteiger partial charge in [-0.2, -0.15) is 0 Å². The van der Waals surface area contributed by atoms with E-state index in [1.807, 2.05) is 0 Å². The van der Waals surface area contributed by atoms with E-state index in [1.165, 1.54) is 70.9 Å². The third kappa shape index (κ3) is 4.55. The van der Waals surface area contributed by atoms with Crippen LogP contribution in [0.5, 0.6) is 0 Å². The van der Waals surface area contributed by atoms with Crippen molar-refractivity contribution >= 4 is 0 Å². The fourth-order valence-electron chi connectivity index (χ4n) is 3.75. The van der Waals surface area contributed by atoms with E-state index in [2.05, 4.69) is 24.1 Å². The van der Waals surface area contributed by atoms with Gasteiger partial charge in [-0.15, -0.1) is 0 Å². The molecule has 2 fully saturated rings. The summed E-state index contributed by atoms with van der Waals surface area (Å²) >= 11 is 0. The summed E-state index contributed by atoms with van der Waals surface area (Å²) in [7, 11) is 0. The van der Waals surface area contributed by atoms with Gasteiger partial charge in [0.15, 0.2) is 0 Å². The maximum Gasteiger partial charge on any atom is 0.0197 e. The van der Waals surface area contributed by atoms with Crippen LogP contribution >= 0.6 is 0 Å². The van der Waals surface area contributed by atoms with Crippen LogP contribution in [-0.2, 0) is 0 Å². The SMILES string of the molecule is CC(C)NC1CCCN(C2CCCCCCC2)C1. The van der Waals surface area contributed by atoms with Crippen LogP contribution < -0.4 is 5.32 Å². The molecular formula is C16H32N2. The van der Waals surface area contributed by atoms with Gasteiger partial charge in [-0.1, -0.05) is 46.0 Å². The number of hydrogen-bond acceptors (Lipinski definition) is 2. The predicted octanol–water partition coefficient (Wildman–Crippen LogP) is 3.56. The summed E-state index contributed by atoms with van der Waals surface area (Å²) in [5.41, 5.74) is 0. The molecule has 1 N–H and O–H groups in total. The number of hydrogen-bond donors (Lipinski definition) is 1. The van der Waals surface area contributed by atoms with Gasteiger partial charge < -0.3 is 5.32 Å². The first kappa shape index (κ1) is 14.3. The summed E-state index contributed by atoms with van der Waals surface area (Å²) in [4.78, 5) is 2.80. The van der Waals surface area contributed by atoms with Gasteiger partial charge in [0.1, 0.15) is 0 Å². The number of nitrogens with zero attached hydrogens (tertiary/aromatic N) is 1. The molecule has 0 aromatic heterocycles. The lowest BCUT2D eigenvalue weighted by molar-refractivity contribution is 0.114. The Morgan fingerprint density at radius 3 is 2.22 bits per heavy atom. The van der Waals surface area contributed by atoms with Crippen LogP contribution in [0.4, 0.5) is 0 Å². The Balaban J connectivity index is 1.82. The molecule has 2 heteroatoms. The summed E-state index contributed by atoms with van der Waals surface area (Å²) in [6.07, 6.45) is 13.0. The van der Waals surface area contributed by atoms with Crippen molar-refractivity contribution in [2.24, 2.45) is 0 Å². The van der Waals surface area contributed by atoms with Crippen molar-refractivity contribution in [1.29, 1.82) is 0 Å². The molecule has 1 aliphatic carbocycles. The predicted molar refractivity (Wildman–Crippen MR) is 79.0 cm³/mol. The van der Waals surface area contributed by atoms with Gasteiger partial charge in [0.05, 0.1) is 0 Å². The van der Waals surface area contributed by atoms with Crippen molar-refractivity contribution in [2.75, 3.05) is 13.1 Å². The van der Waals surface area contributed by atoms with E-state index >= 15 is 0 Å². The second kappa shape index (κ2) is 7.49. The Kier molecular flexibility index (Phi) is 5.97. The van der Waals surface area contributed by atoms with Crippen LogP contribution in [-0.4, -0.2) is 36.1 Å². The van der Waals surface area contributed by atoms with E-state index in [1.54, 1.807) is 0 Å². The van der Waals surface area contributed by atoms with Crippen molar-refractivity contribution in [1.82, 2.24) is 10.2 Å². The summed E-state index contributed by atoms with van der Waals surface area (Å²) in [5.74, 6) is 0. The third-order valence-electron chi connectivity index (χ3n) is 4.61. The van der Waals surface area contributed by atoms with E-state index in [9.17, 15) is 0 Å². The topological polar surface area (TPSA) is 15.3 Å². The largest absolute Gasteiger partial charge is 0.311 e. The van der Waals surface area contributed by atoms with E-state index in [0.717, 1.165) is 12.1 Å². The van der Waals surface area contributed by atoms with Gasteiger partial charge in [-0.05, 0) is 32.2 Å². The van der Waals surface area contributed by atoms with Gasteiger partial charge in [0.2, 0.25) is 0 Å². The summed E-state index contributed by atoms with van der Waals surface area (Å²) < 4.78 is 0. The molecule has 2 nitrogen and oxygen atoms in total. The first-order valence-electron chi connectivity index (χ1n) is 8.26. The molecule has 1 atom stereocenters. The molecule has 1 aliphatic heterocycles. The molecule has 106 valence electrons. The normalized spacial score (nSPS) is 29.2. The van der Waals surface area contributed by atoms with Gasteiger partial charge >= 0.3 is 0 Å². The standard InChI is InChI=1S/C16H32N2/c1-14(2)17-15-9-8-12-18(13-15)16-10-6-4-3-5-7-11-16/h14-17H,3-13H2,1-2H3. The fourth-order valence-corrected chi connectivity index (χ4v) is 3.75. The maximum atomic E-state index is 3.74. The Hall–Kier alpha value is -0.0800. The van der Waals surface area contributed by atoms with Crippen LogP contribution in [0, 0.1) is 0 Å². The minimum Gasteiger partial charge on any atom is -0.311 e. The molecule has 0 bridgehead atoms. The minimum atomic E-state index is 0.632. The van der Waals surface area contributed by atoms with Gasteiger partial charge in [0, 0.05) is 24.7 Å². The Morgan fingerprint density at radius 1 is 0.889 bits per heavy atom. The minimum absolute atomic E-state index is 0.632.